The van der Waals surface area contributed by atoms with Crippen LogP contribution < -0.4 is 5.32 Å². The number of methoxy groups -OCH3 is 1. The summed E-state index contributed by atoms with van der Waals surface area (Å²) in [6.45, 7) is 8.38. The molecule has 54 valence electrons. The fourth-order valence-corrected chi connectivity index (χ4v) is 0.557. The summed E-state index contributed by atoms with van der Waals surface area (Å²) < 4.78 is 4.86. The summed E-state index contributed by atoms with van der Waals surface area (Å²) >= 11 is 0. The molecule has 0 aliphatic rings. The summed E-state index contributed by atoms with van der Waals surface area (Å²) in [5.41, 5.74) is 1.10. The van der Waals surface area contributed by atoms with Gasteiger partial charge in [-0.25, -0.2) is 0 Å². The van der Waals surface area contributed by atoms with E-state index < -0.39 is 0 Å². The number of hydrogen-bond donors (Lipinski definition) is 1. The van der Waals surface area contributed by atoms with Gasteiger partial charge in [-0.05, 0) is 12.1 Å². The molecule has 0 aromatic heterocycles. The molecule has 0 radical (unpaired) electrons. The van der Waals surface area contributed by atoms with Crippen LogP contribution in [0.1, 0.15) is 6.92 Å². The highest BCUT2D eigenvalue weighted by molar-refractivity contribution is 4.96. The monoisotopic (exact) mass is 129 g/mol. The molecule has 0 fully saturated rings. The molecular weight excluding hydrogens is 114 g/mol. The largest absolute Gasteiger partial charge is 0.380 e. The molecule has 2 nitrogen and oxygen atoms in total. The molecule has 0 unspecified atom stereocenters. The number of hydrogen-bond acceptors (Lipinski definition) is 2. The van der Waals surface area contributed by atoms with Crippen molar-refractivity contribution < 1.29 is 4.74 Å². The van der Waals surface area contributed by atoms with E-state index in [1.54, 1.807) is 7.11 Å². The van der Waals surface area contributed by atoms with Crippen molar-refractivity contribution in [3.05, 3.63) is 12.2 Å². The second-order valence-electron chi connectivity index (χ2n) is 1.96. The van der Waals surface area contributed by atoms with Crippen LogP contribution in [0.2, 0.25) is 0 Å². The van der Waals surface area contributed by atoms with Crippen LogP contribution in [0.3, 0.4) is 0 Å². The van der Waals surface area contributed by atoms with Gasteiger partial charge in [-0.3, -0.25) is 0 Å². The van der Waals surface area contributed by atoms with E-state index in [-0.39, 0.29) is 0 Å². The Bertz CT molecular complexity index is 81.0. The molecule has 2 heteroatoms. The minimum Gasteiger partial charge on any atom is -0.380 e. The predicted octanol–water partition coefficient (Wildman–Crippen LogP) is 0.798. The van der Waals surface area contributed by atoms with E-state index in [0.29, 0.717) is 6.61 Å². The van der Waals surface area contributed by atoms with Crippen LogP contribution in [-0.4, -0.2) is 26.8 Å². The Hall–Kier alpha value is -0.340. The molecule has 0 aromatic carbocycles. The molecule has 0 saturated heterocycles. The van der Waals surface area contributed by atoms with Crippen LogP contribution in [0, 0.1) is 0 Å². The summed E-state index contributed by atoms with van der Waals surface area (Å²) in [4.78, 5) is 0. The molecule has 0 atom stereocenters. The first-order valence-corrected chi connectivity index (χ1v) is 3.17. The zero-order valence-corrected chi connectivity index (χ0v) is 6.24. The fourth-order valence-electron chi connectivity index (χ4n) is 0.557. The first kappa shape index (κ1) is 8.66. The second-order valence-corrected chi connectivity index (χ2v) is 1.96. The van der Waals surface area contributed by atoms with Crippen molar-refractivity contribution in [3.8, 4) is 0 Å². The lowest BCUT2D eigenvalue weighted by molar-refractivity contribution is 0.224. The molecule has 0 aliphatic heterocycles. The van der Waals surface area contributed by atoms with E-state index in [1.807, 2.05) is 0 Å². The minimum absolute atomic E-state index is 0.660. The summed E-state index contributed by atoms with van der Waals surface area (Å²) in [7, 11) is 1.68. The van der Waals surface area contributed by atoms with E-state index >= 15 is 0 Å². The van der Waals surface area contributed by atoms with Gasteiger partial charge in [-0.2, -0.15) is 0 Å². The van der Waals surface area contributed by atoms with Crippen LogP contribution in [0.5, 0.6) is 0 Å². The maximum Gasteiger partial charge on any atom is 0.0682 e. The molecule has 0 amide bonds. The maximum absolute atomic E-state index is 4.86. The maximum atomic E-state index is 4.86. The third kappa shape index (κ3) is 5.53. The van der Waals surface area contributed by atoms with Gasteiger partial charge >= 0.3 is 0 Å². The number of rotatable bonds is 5. The van der Waals surface area contributed by atoms with Gasteiger partial charge in [-0.1, -0.05) is 13.5 Å². The Balaban J connectivity index is 3.06. The van der Waals surface area contributed by atoms with Gasteiger partial charge in [0.25, 0.3) is 0 Å². The summed E-state index contributed by atoms with van der Waals surface area (Å²) in [5, 5.41) is 3.15. The van der Waals surface area contributed by atoms with Crippen LogP contribution in [0.25, 0.3) is 0 Å². The van der Waals surface area contributed by atoms with Crippen LogP contribution in [0.15, 0.2) is 12.2 Å². The lowest BCUT2D eigenvalue weighted by Gasteiger charge is -2.02. The van der Waals surface area contributed by atoms with Crippen LogP contribution in [-0.2, 0) is 4.74 Å². The van der Waals surface area contributed by atoms with Crippen molar-refractivity contribution in [1.29, 1.82) is 0 Å². The smallest absolute Gasteiger partial charge is 0.0682 e. The molecule has 0 aromatic rings. The Labute approximate surface area is 56.9 Å². The molecule has 0 bridgehead atoms. The average molecular weight is 129 g/mol. The van der Waals surface area contributed by atoms with Gasteiger partial charge in [0.05, 0.1) is 6.61 Å². The number of ether oxygens (including phenoxy) is 1. The standard InChI is InChI=1S/C7H15NO/c1-4-8-5-7(2)6-9-3/h8H,2,4-6H2,1,3H3. The van der Waals surface area contributed by atoms with E-state index in [2.05, 4.69) is 18.8 Å². The first-order chi connectivity index (χ1) is 4.31. The Morgan fingerprint density at radius 1 is 1.67 bits per heavy atom. The van der Waals surface area contributed by atoms with Gasteiger partial charge in [0.2, 0.25) is 0 Å². The van der Waals surface area contributed by atoms with Gasteiger partial charge < -0.3 is 10.1 Å². The first-order valence-electron chi connectivity index (χ1n) is 3.17. The fraction of sp³-hybridized carbons (Fsp3) is 0.714. The lowest BCUT2D eigenvalue weighted by atomic mass is 10.3. The van der Waals surface area contributed by atoms with Gasteiger partial charge in [0.1, 0.15) is 0 Å². The van der Waals surface area contributed by atoms with E-state index in [0.717, 1.165) is 18.7 Å². The molecule has 0 rings (SSSR count). The Kier molecular flexibility index (Phi) is 5.57. The predicted molar refractivity (Wildman–Crippen MR) is 39.6 cm³/mol. The zero-order valence-electron chi connectivity index (χ0n) is 6.24. The Morgan fingerprint density at radius 3 is 2.78 bits per heavy atom. The van der Waals surface area contributed by atoms with Gasteiger partial charge in [0.15, 0.2) is 0 Å². The third-order valence-corrected chi connectivity index (χ3v) is 0.973. The van der Waals surface area contributed by atoms with Crippen molar-refractivity contribution >= 4 is 0 Å². The molecule has 0 heterocycles. The molecule has 0 saturated carbocycles. The molecule has 9 heavy (non-hydrogen) atoms. The van der Waals surface area contributed by atoms with Crippen LogP contribution >= 0.6 is 0 Å². The minimum atomic E-state index is 0.660. The van der Waals surface area contributed by atoms with Crippen molar-refractivity contribution in [1.82, 2.24) is 5.32 Å². The van der Waals surface area contributed by atoms with Crippen molar-refractivity contribution in [2.45, 2.75) is 6.92 Å². The second kappa shape index (κ2) is 5.79. The van der Waals surface area contributed by atoms with Crippen LogP contribution in [0.4, 0.5) is 0 Å². The average Bonchev–Trinajstić information content (AvgIpc) is 1.85. The SMILES string of the molecule is C=C(CNCC)COC. The summed E-state index contributed by atoms with van der Waals surface area (Å²) in [6, 6.07) is 0. The molecule has 0 spiro atoms. The lowest BCUT2D eigenvalue weighted by Crippen LogP contribution is -2.17. The molecule has 0 aliphatic carbocycles. The van der Waals surface area contributed by atoms with Crippen molar-refractivity contribution in [3.63, 3.8) is 0 Å². The normalized spacial score (nSPS) is 9.56. The highest BCUT2D eigenvalue weighted by Crippen LogP contribution is 1.85. The van der Waals surface area contributed by atoms with Crippen molar-refractivity contribution in [2.75, 3.05) is 26.8 Å². The summed E-state index contributed by atoms with van der Waals surface area (Å²) in [5.74, 6) is 0. The quantitative estimate of drug-likeness (QED) is 0.554. The van der Waals surface area contributed by atoms with E-state index in [9.17, 15) is 0 Å². The molecular formula is C7H15NO. The number of likely N-dealkylation sites (N-methyl/N-ethyl adjacent to an activating group) is 1. The molecule has 1 N–H and O–H groups in total. The van der Waals surface area contributed by atoms with Crippen molar-refractivity contribution in [2.24, 2.45) is 0 Å². The highest BCUT2D eigenvalue weighted by atomic mass is 16.5. The highest BCUT2D eigenvalue weighted by Gasteiger charge is 1.88. The van der Waals surface area contributed by atoms with E-state index in [1.165, 1.54) is 0 Å². The third-order valence-electron chi connectivity index (χ3n) is 0.973. The summed E-state index contributed by atoms with van der Waals surface area (Å²) in [6.07, 6.45) is 0. The van der Waals surface area contributed by atoms with Gasteiger partial charge in [0, 0.05) is 13.7 Å². The number of nitrogens with one attached hydrogen (secondary N) is 1. The Morgan fingerprint density at radius 2 is 2.33 bits per heavy atom. The van der Waals surface area contributed by atoms with Gasteiger partial charge in [-0.15, -0.1) is 0 Å². The topological polar surface area (TPSA) is 21.3 Å². The zero-order chi connectivity index (χ0) is 7.11. The van der Waals surface area contributed by atoms with E-state index in [4.69, 9.17) is 4.74 Å².